The Balaban J connectivity index is 1.85. The summed E-state index contributed by atoms with van der Waals surface area (Å²) in [4.78, 5) is 1.36. The molecule has 0 atom stereocenters. The number of rotatable bonds is 3. The predicted octanol–water partition coefficient (Wildman–Crippen LogP) is 2.52. The molecule has 0 aromatic heterocycles. The first-order valence-corrected chi connectivity index (χ1v) is 6.79. The molecular weight excluding hydrogens is 218 g/mol. The highest BCUT2D eigenvalue weighted by Gasteiger charge is 2.36. The minimum atomic E-state index is -0.0474. The van der Waals surface area contributed by atoms with Gasteiger partial charge in [-0.3, -0.25) is 0 Å². The van der Waals surface area contributed by atoms with Crippen molar-refractivity contribution in [1.29, 1.82) is 0 Å². The van der Waals surface area contributed by atoms with Gasteiger partial charge in [0.15, 0.2) is 0 Å². The molecule has 1 saturated heterocycles. The van der Waals surface area contributed by atoms with Crippen LogP contribution in [0.4, 0.5) is 0 Å². The van der Waals surface area contributed by atoms with E-state index in [1.807, 2.05) is 11.8 Å². The molecule has 2 N–H and O–H groups in total. The summed E-state index contributed by atoms with van der Waals surface area (Å²) in [5, 5.41) is 0.629. The molecule has 0 unspecified atom stereocenters. The summed E-state index contributed by atoms with van der Waals surface area (Å²) in [5.74, 6) is 0. The summed E-state index contributed by atoms with van der Waals surface area (Å²) in [6.07, 6.45) is 3.53. The second kappa shape index (κ2) is 4.06. The maximum atomic E-state index is 6.42. The van der Waals surface area contributed by atoms with Crippen LogP contribution in [0.3, 0.4) is 0 Å². The van der Waals surface area contributed by atoms with E-state index in [0.29, 0.717) is 5.25 Å². The Kier molecular flexibility index (Phi) is 2.70. The van der Waals surface area contributed by atoms with Crippen molar-refractivity contribution in [3.63, 3.8) is 0 Å². The number of thioether (sulfide) groups is 1. The lowest BCUT2D eigenvalue weighted by Gasteiger charge is -2.40. The van der Waals surface area contributed by atoms with Gasteiger partial charge in [-0.05, 0) is 30.9 Å². The standard InChI is InChI=1S/C13H17NOS/c14-13(6-3-7-13)11-4-1-2-5-12(11)16-10-8-15-9-10/h1-2,4-5,10H,3,6-9,14H2. The van der Waals surface area contributed by atoms with Crippen molar-refractivity contribution in [2.24, 2.45) is 5.73 Å². The summed E-state index contributed by atoms with van der Waals surface area (Å²) in [7, 11) is 0. The van der Waals surface area contributed by atoms with E-state index in [1.165, 1.54) is 16.9 Å². The molecule has 1 aromatic carbocycles. The van der Waals surface area contributed by atoms with Crippen molar-refractivity contribution >= 4 is 11.8 Å². The van der Waals surface area contributed by atoms with Gasteiger partial charge in [0.2, 0.25) is 0 Å². The minimum Gasteiger partial charge on any atom is -0.379 e. The minimum absolute atomic E-state index is 0.0474. The average molecular weight is 235 g/mol. The Morgan fingerprint density at radius 1 is 1.25 bits per heavy atom. The molecule has 2 fully saturated rings. The first-order chi connectivity index (χ1) is 7.78. The molecule has 3 heteroatoms. The second-order valence-electron chi connectivity index (χ2n) is 4.78. The Labute approximate surface area is 101 Å². The first-order valence-electron chi connectivity index (χ1n) is 5.91. The third-order valence-corrected chi connectivity index (χ3v) is 4.79. The lowest BCUT2D eigenvalue weighted by Crippen LogP contribution is -2.43. The maximum Gasteiger partial charge on any atom is 0.0611 e. The summed E-state index contributed by atoms with van der Waals surface area (Å²) in [6, 6.07) is 8.60. The van der Waals surface area contributed by atoms with Crippen molar-refractivity contribution in [3.05, 3.63) is 29.8 Å². The molecule has 1 aliphatic heterocycles. The van der Waals surface area contributed by atoms with Crippen LogP contribution < -0.4 is 5.73 Å². The van der Waals surface area contributed by atoms with Crippen molar-refractivity contribution in [2.75, 3.05) is 13.2 Å². The van der Waals surface area contributed by atoms with E-state index in [4.69, 9.17) is 10.5 Å². The van der Waals surface area contributed by atoms with E-state index in [-0.39, 0.29) is 5.54 Å². The Hall–Kier alpha value is -0.510. The van der Waals surface area contributed by atoms with Crippen LogP contribution in [0.1, 0.15) is 24.8 Å². The molecule has 0 bridgehead atoms. The van der Waals surface area contributed by atoms with E-state index in [0.717, 1.165) is 26.1 Å². The lowest BCUT2D eigenvalue weighted by atomic mass is 9.73. The van der Waals surface area contributed by atoms with Crippen LogP contribution in [0.2, 0.25) is 0 Å². The van der Waals surface area contributed by atoms with Crippen molar-refractivity contribution in [3.8, 4) is 0 Å². The highest BCUT2D eigenvalue weighted by atomic mass is 32.2. The summed E-state index contributed by atoms with van der Waals surface area (Å²) in [5.41, 5.74) is 7.71. The van der Waals surface area contributed by atoms with Crippen LogP contribution in [-0.4, -0.2) is 18.5 Å². The molecule has 1 aromatic rings. The molecule has 2 aliphatic rings. The Morgan fingerprint density at radius 2 is 2.00 bits per heavy atom. The first kappa shape index (κ1) is 10.6. The van der Waals surface area contributed by atoms with E-state index >= 15 is 0 Å². The summed E-state index contributed by atoms with van der Waals surface area (Å²) >= 11 is 1.93. The van der Waals surface area contributed by atoms with Gasteiger partial charge in [0.1, 0.15) is 0 Å². The van der Waals surface area contributed by atoms with Crippen molar-refractivity contribution in [2.45, 2.75) is 34.9 Å². The van der Waals surface area contributed by atoms with Gasteiger partial charge < -0.3 is 10.5 Å². The highest BCUT2D eigenvalue weighted by Crippen LogP contribution is 2.43. The highest BCUT2D eigenvalue weighted by molar-refractivity contribution is 8.00. The fraction of sp³-hybridized carbons (Fsp3) is 0.538. The smallest absolute Gasteiger partial charge is 0.0611 e. The number of ether oxygens (including phenoxy) is 1. The summed E-state index contributed by atoms with van der Waals surface area (Å²) in [6.45, 7) is 1.77. The monoisotopic (exact) mass is 235 g/mol. The van der Waals surface area contributed by atoms with Crippen LogP contribution in [0, 0.1) is 0 Å². The van der Waals surface area contributed by atoms with Crippen LogP contribution >= 0.6 is 11.8 Å². The van der Waals surface area contributed by atoms with Gasteiger partial charge in [-0.25, -0.2) is 0 Å². The predicted molar refractivity (Wildman–Crippen MR) is 66.6 cm³/mol. The zero-order chi connectivity index (χ0) is 11.0. The van der Waals surface area contributed by atoms with Crippen LogP contribution in [0.15, 0.2) is 29.2 Å². The lowest BCUT2D eigenvalue weighted by molar-refractivity contribution is 0.0455. The molecule has 2 nitrogen and oxygen atoms in total. The van der Waals surface area contributed by atoms with Gasteiger partial charge in [-0.2, -0.15) is 0 Å². The van der Waals surface area contributed by atoms with Crippen molar-refractivity contribution in [1.82, 2.24) is 0 Å². The van der Waals surface area contributed by atoms with E-state index < -0.39 is 0 Å². The van der Waals surface area contributed by atoms with Gasteiger partial charge in [-0.15, -0.1) is 11.8 Å². The van der Waals surface area contributed by atoms with Crippen LogP contribution in [0.5, 0.6) is 0 Å². The Morgan fingerprint density at radius 3 is 2.56 bits per heavy atom. The molecule has 86 valence electrons. The van der Waals surface area contributed by atoms with Gasteiger partial charge >= 0.3 is 0 Å². The molecule has 1 aliphatic carbocycles. The zero-order valence-corrected chi connectivity index (χ0v) is 10.1. The van der Waals surface area contributed by atoms with Crippen molar-refractivity contribution < 1.29 is 4.74 Å². The third-order valence-electron chi connectivity index (χ3n) is 3.57. The fourth-order valence-electron chi connectivity index (χ4n) is 2.27. The largest absolute Gasteiger partial charge is 0.379 e. The number of hydrogen-bond acceptors (Lipinski definition) is 3. The quantitative estimate of drug-likeness (QED) is 0.874. The average Bonchev–Trinajstić information content (AvgIpc) is 2.21. The number of benzene rings is 1. The van der Waals surface area contributed by atoms with Crippen LogP contribution in [-0.2, 0) is 10.3 Å². The third kappa shape index (κ3) is 1.77. The molecule has 1 saturated carbocycles. The van der Waals surface area contributed by atoms with Crippen LogP contribution in [0.25, 0.3) is 0 Å². The molecule has 16 heavy (non-hydrogen) atoms. The zero-order valence-electron chi connectivity index (χ0n) is 9.32. The van der Waals surface area contributed by atoms with E-state index in [2.05, 4.69) is 24.3 Å². The molecule has 0 amide bonds. The van der Waals surface area contributed by atoms with Gasteiger partial charge in [-0.1, -0.05) is 18.2 Å². The summed E-state index contributed by atoms with van der Waals surface area (Å²) < 4.78 is 5.22. The van der Waals surface area contributed by atoms with Gasteiger partial charge in [0.25, 0.3) is 0 Å². The van der Waals surface area contributed by atoms with Gasteiger partial charge in [0.05, 0.1) is 18.5 Å². The fourth-order valence-corrected chi connectivity index (χ4v) is 3.51. The normalized spacial score (nSPS) is 23.6. The van der Waals surface area contributed by atoms with Gasteiger partial charge in [0, 0.05) is 10.4 Å². The second-order valence-corrected chi connectivity index (χ2v) is 6.13. The number of hydrogen-bond donors (Lipinski definition) is 1. The molecular formula is C13H17NOS. The molecule has 0 radical (unpaired) electrons. The van der Waals surface area contributed by atoms with E-state index in [1.54, 1.807) is 0 Å². The molecule has 0 spiro atoms. The molecule has 3 rings (SSSR count). The number of nitrogens with two attached hydrogens (primary N) is 1. The van der Waals surface area contributed by atoms with E-state index in [9.17, 15) is 0 Å². The molecule has 1 heterocycles. The SMILES string of the molecule is NC1(c2ccccc2SC2COC2)CCC1. The maximum absolute atomic E-state index is 6.42. The topological polar surface area (TPSA) is 35.2 Å². The Bertz CT molecular complexity index is 385.